The van der Waals surface area contributed by atoms with Crippen molar-refractivity contribution in [1.29, 1.82) is 0 Å². The summed E-state index contributed by atoms with van der Waals surface area (Å²) in [6.07, 6.45) is 8.29. The molecule has 2 aliphatic rings. The standard InChI is InChI=1S/C17H34N2O/c1-4-16-12-20-11-10-19(16)14-17(13-18-15(2)3)8-6-5-7-9-17/h15-16,18H,4-14H2,1-3H3. The van der Waals surface area contributed by atoms with Crippen LogP contribution in [0.3, 0.4) is 0 Å². The van der Waals surface area contributed by atoms with Gasteiger partial charge in [-0.2, -0.15) is 0 Å². The molecule has 1 aliphatic carbocycles. The Hall–Kier alpha value is -0.120. The molecule has 0 aromatic heterocycles. The highest BCUT2D eigenvalue weighted by Crippen LogP contribution is 2.37. The predicted octanol–water partition coefficient (Wildman–Crippen LogP) is 3.05. The molecule has 0 aromatic carbocycles. The second kappa shape index (κ2) is 7.77. The van der Waals surface area contributed by atoms with Crippen molar-refractivity contribution >= 4 is 0 Å². The number of hydrogen-bond donors (Lipinski definition) is 1. The molecule has 0 bridgehead atoms. The van der Waals surface area contributed by atoms with Gasteiger partial charge < -0.3 is 10.1 Å². The molecule has 0 amide bonds. The van der Waals surface area contributed by atoms with Crippen LogP contribution in [0.4, 0.5) is 0 Å². The van der Waals surface area contributed by atoms with Crippen LogP contribution in [0, 0.1) is 5.41 Å². The SMILES string of the molecule is CCC1COCCN1CC1(CNC(C)C)CCCCC1. The minimum atomic E-state index is 0.507. The first-order chi connectivity index (χ1) is 9.65. The molecule has 1 unspecified atom stereocenters. The summed E-state index contributed by atoms with van der Waals surface area (Å²) in [6.45, 7) is 12.3. The smallest absolute Gasteiger partial charge is 0.0622 e. The van der Waals surface area contributed by atoms with Crippen molar-refractivity contribution in [1.82, 2.24) is 10.2 Å². The fourth-order valence-electron chi connectivity index (χ4n) is 3.82. The normalized spacial score (nSPS) is 27.9. The molecule has 1 atom stereocenters. The Balaban J connectivity index is 1.98. The Morgan fingerprint density at radius 1 is 1.25 bits per heavy atom. The van der Waals surface area contributed by atoms with E-state index in [-0.39, 0.29) is 0 Å². The minimum Gasteiger partial charge on any atom is -0.378 e. The van der Waals surface area contributed by atoms with Gasteiger partial charge in [0.25, 0.3) is 0 Å². The van der Waals surface area contributed by atoms with Gasteiger partial charge in [-0.05, 0) is 24.7 Å². The van der Waals surface area contributed by atoms with E-state index in [2.05, 4.69) is 31.0 Å². The molecule has 0 spiro atoms. The van der Waals surface area contributed by atoms with Crippen LogP contribution in [0.1, 0.15) is 59.3 Å². The second-order valence-corrected chi connectivity index (χ2v) is 7.20. The highest BCUT2D eigenvalue weighted by molar-refractivity contribution is 4.90. The number of ether oxygens (including phenoxy) is 1. The van der Waals surface area contributed by atoms with Gasteiger partial charge in [0.1, 0.15) is 0 Å². The van der Waals surface area contributed by atoms with Gasteiger partial charge in [-0.3, -0.25) is 4.90 Å². The Labute approximate surface area is 125 Å². The molecule has 2 fully saturated rings. The molecule has 3 nitrogen and oxygen atoms in total. The molecule has 1 saturated carbocycles. The zero-order valence-corrected chi connectivity index (χ0v) is 13.8. The summed E-state index contributed by atoms with van der Waals surface area (Å²) in [5, 5.41) is 3.72. The molecule has 118 valence electrons. The first-order valence-electron chi connectivity index (χ1n) is 8.70. The average Bonchev–Trinajstić information content (AvgIpc) is 2.47. The lowest BCUT2D eigenvalue weighted by molar-refractivity contribution is -0.0344. The van der Waals surface area contributed by atoms with Crippen LogP contribution in [0.2, 0.25) is 0 Å². The third-order valence-corrected chi connectivity index (χ3v) is 5.16. The van der Waals surface area contributed by atoms with Gasteiger partial charge in [0.2, 0.25) is 0 Å². The first kappa shape index (κ1) is 16.3. The molecule has 0 aromatic rings. The lowest BCUT2D eigenvalue weighted by Gasteiger charge is -2.45. The van der Waals surface area contributed by atoms with Crippen LogP contribution < -0.4 is 5.32 Å². The molecule has 20 heavy (non-hydrogen) atoms. The van der Waals surface area contributed by atoms with Crippen LogP contribution in [0.15, 0.2) is 0 Å². The van der Waals surface area contributed by atoms with Gasteiger partial charge in [0.15, 0.2) is 0 Å². The van der Waals surface area contributed by atoms with E-state index in [1.807, 2.05) is 0 Å². The van der Waals surface area contributed by atoms with Crippen molar-refractivity contribution in [3.8, 4) is 0 Å². The second-order valence-electron chi connectivity index (χ2n) is 7.20. The van der Waals surface area contributed by atoms with Crippen LogP contribution in [0.5, 0.6) is 0 Å². The molecular formula is C17H34N2O. The van der Waals surface area contributed by atoms with E-state index in [0.717, 1.165) is 19.8 Å². The average molecular weight is 282 g/mol. The molecule has 1 heterocycles. The summed E-state index contributed by atoms with van der Waals surface area (Å²) in [6, 6.07) is 1.24. The predicted molar refractivity (Wildman–Crippen MR) is 85.1 cm³/mol. The van der Waals surface area contributed by atoms with Crippen molar-refractivity contribution in [3.63, 3.8) is 0 Å². The summed E-state index contributed by atoms with van der Waals surface area (Å²) in [7, 11) is 0. The minimum absolute atomic E-state index is 0.507. The van der Waals surface area contributed by atoms with Gasteiger partial charge in [-0.25, -0.2) is 0 Å². The quantitative estimate of drug-likeness (QED) is 0.810. The third-order valence-electron chi connectivity index (χ3n) is 5.16. The molecule has 2 rings (SSSR count). The fourth-order valence-corrected chi connectivity index (χ4v) is 3.82. The summed E-state index contributed by atoms with van der Waals surface area (Å²) in [4.78, 5) is 2.72. The van der Waals surface area contributed by atoms with E-state index in [1.54, 1.807) is 0 Å². The largest absolute Gasteiger partial charge is 0.378 e. The van der Waals surface area contributed by atoms with Gasteiger partial charge in [0, 0.05) is 31.7 Å². The van der Waals surface area contributed by atoms with E-state index < -0.39 is 0 Å². The molecule has 1 N–H and O–H groups in total. The zero-order chi connectivity index (χ0) is 14.4. The number of rotatable bonds is 6. The van der Waals surface area contributed by atoms with Crippen LogP contribution in [-0.2, 0) is 4.74 Å². The van der Waals surface area contributed by atoms with E-state index in [4.69, 9.17) is 4.74 Å². The number of nitrogens with zero attached hydrogens (tertiary/aromatic N) is 1. The van der Waals surface area contributed by atoms with Gasteiger partial charge >= 0.3 is 0 Å². The monoisotopic (exact) mass is 282 g/mol. The highest BCUT2D eigenvalue weighted by Gasteiger charge is 2.36. The highest BCUT2D eigenvalue weighted by atomic mass is 16.5. The van der Waals surface area contributed by atoms with Crippen molar-refractivity contribution in [2.24, 2.45) is 5.41 Å². The Morgan fingerprint density at radius 3 is 2.65 bits per heavy atom. The molecule has 3 heteroatoms. The Kier molecular flexibility index (Phi) is 6.31. The third kappa shape index (κ3) is 4.44. The topological polar surface area (TPSA) is 24.5 Å². The van der Waals surface area contributed by atoms with Gasteiger partial charge in [-0.15, -0.1) is 0 Å². The van der Waals surface area contributed by atoms with Crippen molar-refractivity contribution in [2.75, 3.05) is 32.8 Å². The van der Waals surface area contributed by atoms with Gasteiger partial charge in [-0.1, -0.05) is 40.0 Å². The van der Waals surface area contributed by atoms with Crippen LogP contribution in [0.25, 0.3) is 0 Å². The summed E-state index contributed by atoms with van der Waals surface area (Å²) in [5.74, 6) is 0. The van der Waals surface area contributed by atoms with Crippen molar-refractivity contribution in [3.05, 3.63) is 0 Å². The van der Waals surface area contributed by atoms with E-state index in [9.17, 15) is 0 Å². The van der Waals surface area contributed by atoms with Crippen molar-refractivity contribution in [2.45, 2.75) is 71.4 Å². The zero-order valence-electron chi connectivity index (χ0n) is 13.8. The lowest BCUT2D eigenvalue weighted by atomic mass is 9.73. The molecule has 1 aliphatic heterocycles. The van der Waals surface area contributed by atoms with E-state index >= 15 is 0 Å². The maximum atomic E-state index is 5.67. The maximum Gasteiger partial charge on any atom is 0.0622 e. The Morgan fingerprint density at radius 2 is 2.00 bits per heavy atom. The summed E-state index contributed by atoms with van der Waals surface area (Å²) in [5.41, 5.74) is 0.507. The van der Waals surface area contributed by atoms with Crippen LogP contribution in [-0.4, -0.2) is 49.8 Å². The van der Waals surface area contributed by atoms with E-state index in [0.29, 0.717) is 17.5 Å². The van der Waals surface area contributed by atoms with Gasteiger partial charge in [0.05, 0.1) is 13.2 Å². The van der Waals surface area contributed by atoms with Crippen molar-refractivity contribution < 1.29 is 4.74 Å². The van der Waals surface area contributed by atoms with Crippen LogP contribution >= 0.6 is 0 Å². The molecule has 0 radical (unpaired) electrons. The maximum absolute atomic E-state index is 5.67. The first-order valence-corrected chi connectivity index (χ1v) is 8.70. The number of nitrogens with one attached hydrogen (secondary N) is 1. The fraction of sp³-hybridized carbons (Fsp3) is 1.00. The Bertz CT molecular complexity index is 274. The summed E-state index contributed by atoms with van der Waals surface area (Å²) >= 11 is 0. The number of morpholine rings is 1. The number of hydrogen-bond acceptors (Lipinski definition) is 3. The molecule has 1 saturated heterocycles. The summed E-state index contributed by atoms with van der Waals surface area (Å²) < 4.78 is 5.67. The molecular weight excluding hydrogens is 248 g/mol. The lowest BCUT2D eigenvalue weighted by Crippen LogP contribution is -2.53. The van der Waals surface area contributed by atoms with E-state index in [1.165, 1.54) is 51.6 Å².